The minimum Gasteiger partial charge on any atom is -0.211 e. The Morgan fingerprint density at radius 1 is 1.00 bits per heavy atom. The SMILES string of the molecule is O=S(=O)(NCCC1CC2CCCC(C2)C1)c1ccccc1. The predicted octanol–water partition coefficient (Wildman–Crippen LogP) is 3.57. The topological polar surface area (TPSA) is 46.2 Å². The van der Waals surface area contributed by atoms with Gasteiger partial charge in [-0.2, -0.15) is 0 Å². The molecule has 2 fully saturated rings. The Hall–Kier alpha value is -0.870. The molecule has 1 aromatic carbocycles. The van der Waals surface area contributed by atoms with E-state index in [9.17, 15) is 8.42 Å². The fourth-order valence-electron chi connectivity index (χ4n) is 4.19. The minimum atomic E-state index is -3.33. The summed E-state index contributed by atoms with van der Waals surface area (Å²) in [6.07, 6.45) is 9.21. The average molecular weight is 307 g/mol. The first-order chi connectivity index (χ1) is 10.1. The van der Waals surface area contributed by atoms with Crippen LogP contribution in [0.25, 0.3) is 0 Å². The first-order valence-corrected chi connectivity index (χ1v) is 9.66. The summed E-state index contributed by atoms with van der Waals surface area (Å²) in [5.74, 6) is 2.54. The number of rotatable bonds is 5. The fourth-order valence-corrected chi connectivity index (χ4v) is 5.25. The van der Waals surface area contributed by atoms with Gasteiger partial charge in [0, 0.05) is 6.54 Å². The molecule has 1 N–H and O–H groups in total. The number of fused-ring (bicyclic) bond motifs is 2. The number of benzene rings is 1. The van der Waals surface area contributed by atoms with Crippen molar-refractivity contribution in [1.29, 1.82) is 0 Å². The fraction of sp³-hybridized carbons (Fsp3) is 0.647. The van der Waals surface area contributed by atoms with E-state index in [2.05, 4.69) is 4.72 Å². The van der Waals surface area contributed by atoms with Gasteiger partial charge in [-0.1, -0.05) is 37.5 Å². The van der Waals surface area contributed by atoms with E-state index in [0.29, 0.717) is 17.4 Å². The van der Waals surface area contributed by atoms with Gasteiger partial charge in [-0.05, 0) is 55.6 Å². The Morgan fingerprint density at radius 3 is 2.33 bits per heavy atom. The van der Waals surface area contributed by atoms with Crippen LogP contribution in [0.1, 0.15) is 44.9 Å². The summed E-state index contributed by atoms with van der Waals surface area (Å²) in [6, 6.07) is 8.65. The summed E-state index contributed by atoms with van der Waals surface area (Å²) in [5.41, 5.74) is 0. The molecule has 4 heteroatoms. The van der Waals surface area contributed by atoms with Crippen molar-refractivity contribution in [1.82, 2.24) is 4.72 Å². The maximum atomic E-state index is 12.2. The van der Waals surface area contributed by atoms with E-state index < -0.39 is 10.0 Å². The van der Waals surface area contributed by atoms with Gasteiger partial charge in [-0.3, -0.25) is 0 Å². The zero-order valence-electron chi connectivity index (χ0n) is 12.5. The van der Waals surface area contributed by atoms with Crippen LogP contribution in [0.2, 0.25) is 0 Å². The van der Waals surface area contributed by atoms with Crippen LogP contribution in [-0.4, -0.2) is 15.0 Å². The first-order valence-electron chi connectivity index (χ1n) is 8.18. The van der Waals surface area contributed by atoms with Crippen molar-refractivity contribution in [3.05, 3.63) is 30.3 Å². The predicted molar refractivity (Wildman–Crippen MR) is 84.4 cm³/mol. The second-order valence-corrected chi connectivity index (χ2v) is 8.50. The molecule has 2 bridgehead atoms. The third kappa shape index (κ3) is 3.86. The molecule has 21 heavy (non-hydrogen) atoms. The summed E-state index contributed by atoms with van der Waals surface area (Å²) >= 11 is 0. The molecule has 3 nitrogen and oxygen atoms in total. The van der Waals surface area contributed by atoms with Gasteiger partial charge in [0.15, 0.2) is 0 Å². The Kier molecular flexibility index (Phi) is 4.65. The van der Waals surface area contributed by atoms with Gasteiger partial charge in [0.05, 0.1) is 4.90 Å². The Labute approximate surface area is 128 Å². The van der Waals surface area contributed by atoms with E-state index in [1.54, 1.807) is 24.3 Å². The molecule has 1 aromatic rings. The van der Waals surface area contributed by atoms with E-state index >= 15 is 0 Å². The molecule has 0 radical (unpaired) electrons. The van der Waals surface area contributed by atoms with Crippen molar-refractivity contribution in [3.8, 4) is 0 Å². The molecule has 2 atom stereocenters. The maximum Gasteiger partial charge on any atom is 0.240 e. The third-order valence-electron chi connectivity index (χ3n) is 5.12. The molecule has 2 unspecified atom stereocenters. The normalized spacial score (nSPS) is 29.2. The molecule has 2 aliphatic carbocycles. The van der Waals surface area contributed by atoms with E-state index in [-0.39, 0.29) is 0 Å². The third-order valence-corrected chi connectivity index (χ3v) is 6.60. The van der Waals surface area contributed by atoms with Gasteiger partial charge in [-0.25, -0.2) is 13.1 Å². The van der Waals surface area contributed by atoms with Crippen LogP contribution in [0.15, 0.2) is 35.2 Å². The number of hydrogen-bond acceptors (Lipinski definition) is 2. The minimum absolute atomic E-state index is 0.366. The second-order valence-electron chi connectivity index (χ2n) is 6.74. The van der Waals surface area contributed by atoms with Crippen molar-refractivity contribution < 1.29 is 8.42 Å². The molecule has 3 rings (SSSR count). The smallest absolute Gasteiger partial charge is 0.211 e. The number of hydrogen-bond donors (Lipinski definition) is 1. The average Bonchev–Trinajstić information content (AvgIpc) is 2.48. The molecule has 0 aliphatic heterocycles. The zero-order chi connectivity index (χ0) is 14.7. The van der Waals surface area contributed by atoms with Crippen molar-refractivity contribution in [2.45, 2.75) is 49.8 Å². The Balaban J connectivity index is 1.50. The highest BCUT2D eigenvalue weighted by molar-refractivity contribution is 7.89. The molecule has 0 amide bonds. The van der Waals surface area contributed by atoms with Crippen molar-refractivity contribution in [2.24, 2.45) is 17.8 Å². The van der Waals surface area contributed by atoms with Gasteiger partial charge >= 0.3 is 0 Å². The second kappa shape index (κ2) is 6.49. The summed E-state index contributed by atoms with van der Waals surface area (Å²) in [6.45, 7) is 0.571. The highest BCUT2D eigenvalue weighted by Crippen LogP contribution is 2.43. The molecule has 2 aliphatic rings. The van der Waals surface area contributed by atoms with Crippen LogP contribution in [0.5, 0.6) is 0 Å². The Bertz CT molecular complexity index is 543. The van der Waals surface area contributed by atoms with Crippen molar-refractivity contribution in [3.63, 3.8) is 0 Å². The molecular formula is C17H25NO2S. The standard InChI is InChI=1S/C17H25NO2S/c19-21(20,17-7-2-1-3-8-17)18-10-9-16-12-14-5-4-6-15(11-14)13-16/h1-3,7-8,14-16,18H,4-6,9-13H2. The van der Waals surface area contributed by atoms with E-state index in [1.165, 1.54) is 38.5 Å². The summed E-state index contributed by atoms with van der Waals surface area (Å²) in [4.78, 5) is 0.366. The van der Waals surface area contributed by atoms with Crippen LogP contribution in [0, 0.1) is 17.8 Å². The van der Waals surface area contributed by atoms with Gasteiger partial charge in [0.25, 0.3) is 0 Å². The lowest BCUT2D eigenvalue weighted by molar-refractivity contribution is 0.133. The molecule has 0 spiro atoms. The van der Waals surface area contributed by atoms with Crippen LogP contribution in [0.3, 0.4) is 0 Å². The Morgan fingerprint density at radius 2 is 1.67 bits per heavy atom. The van der Waals surface area contributed by atoms with Crippen molar-refractivity contribution >= 4 is 10.0 Å². The van der Waals surface area contributed by atoms with E-state index in [1.807, 2.05) is 6.07 Å². The van der Waals surface area contributed by atoms with Gasteiger partial charge in [0.2, 0.25) is 10.0 Å². The lowest BCUT2D eigenvalue weighted by atomic mass is 9.67. The molecular weight excluding hydrogens is 282 g/mol. The maximum absolute atomic E-state index is 12.2. The van der Waals surface area contributed by atoms with Gasteiger partial charge < -0.3 is 0 Å². The molecule has 0 saturated heterocycles. The van der Waals surface area contributed by atoms with E-state index in [0.717, 1.165) is 18.3 Å². The van der Waals surface area contributed by atoms with Crippen LogP contribution < -0.4 is 4.72 Å². The van der Waals surface area contributed by atoms with Gasteiger partial charge in [-0.15, -0.1) is 0 Å². The summed E-state index contributed by atoms with van der Waals surface area (Å²) in [5, 5.41) is 0. The summed E-state index contributed by atoms with van der Waals surface area (Å²) in [7, 11) is -3.33. The van der Waals surface area contributed by atoms with Crippen molar-refractivity contribution in [2.75, 3.05) is 6.54 Å². The molecule has 116 valence electrons. The van der Waals surface area contributed by atoms with Crippen LogP contribution in [0.4, 0.5) is 0 Å². The number of nitrogens with one attached hydrogen (secondary N) is 1. The lowest BCUT2D eigenvalue weighted by Crippen LogP contribution is -2.30. The monoisotopic (exact) mass is 307 g/mol. The highest BCUT2D eigenvalue weighted by atomic mass is 32.2. The molecule has 0 aromatic heterocycles. The summed E-state index contributed by atoms with van der Waals surface area (Å²) < 4.78 is 27.1. The largest absolute Gasteiger partial charge is 0.240 e. The van der Waals surface area contributed by atoms with Crippen LogP contribution >= 0.6 is 0 Å². The molecule has 0 heterocycles. The highest BCUT2D eigenvalue weighted by Gasteiger charge is 2.31. The van der Waals surface area contributed by atoms with Gasteiger partial charge in [0.1, 0.15) is 0 Å². The quantitative estimate of drug-likeness (QED) is 0.904. The molecule has 2 saturated carbocycles. The lowest BCUT2D eigenvalue weighted by Gasteiger charge is -2.39. The zero-order valence-corrected chi connectivity index (χ0v) is 13.3. The van der Waals surface area contributed by atoms with Crippen LogP contribution in [-0.2, 0) is 10.0 Å². The van der Waals surface area contributed by atoms with E-state index in [4.69, 9.17) is 0 Å². The number of sulfonamides is 1. The first kappa shape index (κ1) is 15.0.